The van der Waals surface area contributed by atoms with Gasteiger partial charge in [-0.1, -0.05) is 49.4 Å². The van der Waals surface area contributed by atoms with E-state index in [0.717, 1.165) is 12.1 Å². The Labute approximate surface area is 155 Å². The highest BCUT2D eigenvalue weighted by atomic mass is 19.4. The van der Waals surface area contributed by atoms with Crippen molar-refractivity contribution >= 4 is 11.9 Å². The van der Waals surface area contributed by atoms with Crippen LogP contribution < -0.4 is 5.32 Å². The molecule has 2 aromatic carbocycles. The summed E-state index contributed by atoms with van der Waals surface area (Å²) in [5.74, 6) is -1.50. The highest BCUT2D eigenvalue weighted by Crippen LogP contribution is 2.29. The number of carboxylic acids is 1. The third-order valence-corrected chi connectivity index (χ3v) is 4.57. The fourth-order valence-corrected chi connectivity index (χ4v) is 2.85. The van der Waals surface area contributed by atoms with Gasteiger partial charge in [-0.2, -0.15) is 13.2 Å². The van der Waals surface area contributed by atoms with Crippen molar-refractivity contribution in [2.24, 2.45) is 0 Å². The molecule has 2 N–H and O–H groups in total. The van der Waals surface area contributed by atoms with E-state index in [1.165, 1.54) is 12.1 Å². The second-order valence-electron chi connectivity index (χ2n) is 6.26. The van der Waals surface area contributed by atoms with Crippen molar-refractivity contribution in [3.8, 4) is 0 Å². The molecular formula is C20H20F3NO3. The van der Waals surface area contributed by atoms with Gasteiger partial charge < -0.3 is 10.4 Å². The molecule has 144 valence electrons. The molecule has 0 aromatic heterocycles. The van der Waals surface area contributed by atoms with Crippen molar-refractivity contribution in [1.29, 1.82) is 0 Å². The first-order valence-corrected chi connectivity index (χ1v) is 8.41. The van der Waals surface area contributed by atoms with Crippen molar-refractivity contribution in [2.45, 2.75) is 31.4 Å². The van der Waals surface area contributed by atoms with Crippen LogP contribution in [0.5, 0.6) is 0 Å². The Bertz CT molecular complexity index is 788. The van der Waals surface area contributed by atoms with E-state index in [0.29, 0.717) is 11.1 Å². The molecule has 0 radical (unpaired) electrons. The van der Waals surface area contributed by atoms with Crippen LogP contribution in [-0.2, 0) is 27.6 Å². The van der Waals surface area contributed by atoms with Crippen molar-refractivity contribution in [1.82, 2.24) is 5.32 Å². The molecule has 0 saturated heterocycles. The summed E-state index contributed by atoms with van der Waals surface area (Å²) in [4.78, 5) is 24.1. The second kappa shape index (κ2) is 8.24. The molecule has 0 aliphatic carbocycles. The largest absolute Gasteiger partial charge is 0.481 e. The number of amides is 1. The Morgan fingerprint density at radius 1 is 0.963 bits per heavy atom. The number of hydrogen-bond donors (Lipinski definition) is 2. The zero-order valence-corrected chi connectivity index (χ0v) is 14.7. The van der Waals surface area contributed by atoms with E-state index in [4.69, 9.17) is 0 Å². The van der Waals surface area contributed by atoms with Gasteiger partial charge in [0.05, 0.1) is 12.0 Å². The third kappa shape index (κ3) is 4.87. The van der Waals surface area contributed by atoms with Gasteiger partial charge in [0.2, 0.25) is 5.91 Å². The van der Waals surface area contributed by atoms with Crippen LogP contribution in [0.2, 0.25) is 0 Å². The number of benzene rings is 2. The minimum Gasteiger partial charge on any atom is -0.481 e. The molecule has 0 aliphatic heterocycles. The van der Waals surface area contributed by atoms with Crippen molar-refractivity contribution in [3.05, 3.63) is 71.3 Å². The number of carbonyl (C=O) groups excluding carboxylic acids is 1. The molecule has 0 aliphatic rings. The number of carbonyl (C=O) groups is 2. The first kappa shape index (κ1) is 20.5. The summed E-state index contributed by atoms with van der Waals surface area (Å²) in [6.07, 6.45) is -4.29. The monoisotopic (exact) mass is 379 g/mol. The van der Waals surface area contributed by atoms with E-state index in [9.17, 15) is 27.9 Å². The van der Waals surface area contributed by atoms with Gasteiger partial charge >= 0.3 is 12.1 Å². The van der Waals surface area contributed by atoms with Crippen molar-refractivity contribution in [3.63, 3.8) is 0 Å². The number of alkyl halides is 3. The van der Waals surface area contributed by atoms with E-state index in [2.05, 4.69) is 5.32 Å². The summed E-state index contributed by atoms with van der Waals surface area (Å²) in [7, 11) is 0. The van der Waals surface area contributed by atoms with Gasteiger partial charge in [-0.15, -0.1) is 0 Å². The molecule has 0 spiro atoms. The highest BCUT2D eigenvalue weighted by Gasteiger charge is 2.39. The molecule has 7 heteroatoms. The molecule has 2 aromatic rings. The smallest absolute Gasteiger partial charge is 0.416 e. The topological polar surface area (TPSA) is 66.4 Å². The average Bonchev–Trinajstić information content (AvgIpc) is 2.63. The number of hydrogen-bond acceptors (Lipinski definition) is 2. The minimum atomic E-state index is -4.43. The Hall–Kier alpha value is -2.83. The van der Waals surface area contributed by atoms with E-state index in [1.807, 2.05) is 0 Å². The molecule has 1 unspecified atom stereocenters. The van der Waals surface area contributed by atoms with Gasteiger partial charge in [-0.05, 0) is 29.7 Å². The molecule has 27 heavy (non-hydrogen) atoms. The number of aliphatic carboxylic acids is 1. The molecular weight excluding hydrogens is 359 g/mol. The number of halogens is 3. The fraction of sp³-hybridized carbons (Fsp3) is 0.300. The summed E-state index contributed by atoms with van der Waals surface area (Å²) in [6, 6.07) is 12.9. The summed E-state index contributed by atoms with van der Waals surface area (Å²) in [5, 5.41) is 12.3. The lowest BCUT2D eigenvalue weighted by molar-refractivity contribution is -0.144. The molecule has 0 heterocycles. The molecule has 0 saturated carbocycles. The Kier molecular flexibility index (Phi) is 6.25. The summed E-state index contributed by atoms with van der Waals surface area (Å²) < 4.78 is 37.7. The first-order chi connectivity index (χ1) is 12.7. The lowest BCUT2D eigenvalue weighted by Gasteiger charge is -2.29. The molecule has 1 atom stereocenters. The van der Waals surface area contributed by atoms with Gasteiger partial charge in [0, 0.05) is 6.54 Å². The van der Waals surface area contributed by atoms with Crippen LogP contribution in [0.1, 0.15) is 30.0 Å². The van der Waals surface area contributed by atoms with Gasteiger partial charge in [-0.3, -0.25) is 9.59 Å². The van der Waals surface area contributed by atoms with E-state index < -0.39 is 29.0 Å². The normalized spacial score (nSPS) is 13.6. The first-order valence-electron chi connectivity index (χ1n) is 8.41. The maximum absolute atomic E-state index is 12.6. The molecule has 0 fully saturated rings. The fourth-order valence-electron chi connectivity index (χ4n) is 2.85. The lowest BCUT2D eigenvalue weighted by atomic mass is 9.78. The van der Waals surface area contributed by atoms with E-state index in [1.54, 1.807) is 37.3 Å². The number of rotatable bonds is 7. The van der Waals surface area contributed by atoms with Crippen LogP contribution in [0, 0.1) is 0 Å². The molecule has 0 bridgehead atoms. The van der Waals surface area contributed by atoms with E-state index in [-0.39, 0.29) is 19.4 Å². The Morgan fingerprint density at radius 2 is 1.56 bits per heavy atom. The highest BCUT2D eigenvalue weighted by molar-refractivity contribution is 5.84. The Balaban J connectivity index is 2.07. The maximum Gasteiger partial charge on any atom is 0.416 e. The molecule has 2 rings (SSSR count). The summed E-state index contributed by atoms with van der Waals surface area (Å²) in [6.45, 7) is 1.62. The predicted molar refractivity (Wildman–Crippen MR) is 94.2 cm³/mol. The maximum atomic E-state index is 12.6. The van der Waals surface area contributed by atoms with E-state index >= 15 is 0 Å². The summed E-state index contributed by atoms with van der Waals surface area (Å²) in [5.41, 5.74) is -1.06. The van der Waals surface area contributed by atoms with Gasteiger partial charge in [0.25, 0.3) is 0 Å². The van der Waals surface area contributed by atoms with Crippen LogP contribution in [0.15, 0.2) is 54.6 Å². The Morgan fingerprint density at radius 3 is 2.04 bits per heavy atom. The van der Waals surface area contributed by atoms with Crippen LogP contribution in [0.4, 0.5) is 13.2 Å². The zero-order valence-electron chi connectivity index (χ0n) is 14.7. The van der Waals surface area contributed by atoms with Crippen LogP contribution in [0.3, 0.4) is 0 Å². The minimum absolute atomic E-state index is 0.109. The standard InChI is InChI=1S/C20H20F3NO3/c1-2-19(18(26)27,15-6-4-3-5-7-15)13-24-17(25)12-14-8-10-16(11-9-14)20(21,22)23/h3-11H,2,12-13H2,1H3,(H,24,25)(H,26,27). The number of carboxylic acid groups (broad SMARTS) is 1. The summed E-state index contributed by atoms with van der Waals surface area (Å²) >= 11 is 0. The second-order valence-corrected chi connectivity index (χ2v) is 6.26. The molecule has 4 nitrogen and oxygen atoms in total. The SMILES string of the molecule is CCC(CNC(=O)Cc1ccc(C(F)(F)F)cc1)(C(=O)O)c1ccccc1. The number of nitrogens with one attached hydrogen (secondary N) is 1. The van der Waals surface area contributed by atoms with Gasteiger partial charge in [0.1, 0.15) is 5.41 Å². The molecule has 1 amide bonds. The van der Waals surface area contributed by atoms with Crippen LogP contribution in [-0.4, -0.2) is 23.5 Å². The predicted octanol–water partition coefficient (Wildman–Crippen LogP) is 3.80. The van der Waals surface area contributed by atoms with Crippen LogP contribution >= 0.6 is 0 Å². The lowest BCUT2D eigenvalue weighted by Crippen LogP contribution is -2.46. The van der Waals surface area contributed by atoms with Crippen molar-refractivity contribution < 1.29 is 27.9 Å². The van der Waals surface area contributed by atoms with Gasteiger partial charge in [-0.25, -0.2) is 0 Å². The van der Waals surface area contributed by atoms with Crippen LogP contribution in [0.25, 0.3) is 0 Å². The quantitative estimate of drug-likeness (QED) is 0.769. The third-order valence-electron chi connectivity index (χ3n) is 4.57. The van der Waals surface area contributed by atoms with Gasteiger partial charge in [0.15, 0.2) is 0 Å². The average molecular weight is 379 g/mol. The zero-order chi connectivity index (χ0) is 20.1. The van der Waals surface area contributed by atoms with Crippen molar-refractivity contribution in [2.75, 3.05) is 6.54 Å².